The Morgan fingerprint density at radius 1 is 1.35 bits per heavy atom. The molecule has 3 heterocycles. The summed E-state index contributed by atoms with van der Waals surface area (Å²) in [5.41, 5.74) is -0.321. The molecule has 3 rings (SSSR count). The number of hydrogen-bond donors (Lipinski definition) is 1. The highest BCUT2D eigenvalue weighted by Crippen LogP contribution is 2.40. The van der Waals surface area contributed by atoms with Crippen molar-refractivity contribution in [3.05, 3.63) is 41.7 Å². The summed E-state index contributed by atoms with van der Waals surface area (Å²) in [6, 6.07) is 2.92. The van der Waals surface area contributed by atoms with Crippen molar-refractivity contribution in [1.29, 1.82) is 0 Å². The molecule has 2 bridgehead atoms. The topological polar surface area (TPSA) is 24.9 Å². The summed E-state index contributed by atoms with van der Waals surface area (Å²) in [7, 11) is 0. The lowest BCUT2D eigenvalue weighted by Gasteiger charge is -2.24. The maximum Gasteiger partial charge on any atom is 0.433 e. The van der Waals surface area contributed by atoms with Gasteiger partial charge in [0.1, 0.15) is 5.69 Å². The van der Waals surface area contributed by atoms with Gasteiger partial charge in [-0.15, -0.1) is 0 Å². The van der Waals surface area contributed by atoms with E-state index in [1.54, 1.807) is 0 Å². The Morgan fingerprint density at radius 2 is 2.18 bits per heavy atom. The maximum absolute atomic E-state index is 12.4. The van der Waals surface area contributed by atoms with Gasteiger partial charge in [0, 0.05) is 12.2 Å². The Kier molecular flexibility index (Phi) is 2.10. The van der Waals surface area contributed by atoms with E-state index in [2.05, 4.69) is 16.4 Å². The molecular weight excluding hydrogens is 229 g/mol. The number of hydrogen-bond acceptors (Lipinski definition) is 2. The molecule has 1 aromatic rings. The van der Waals surface area contributed by atoms with Crippen LogP contribution < -0.4 is 5.32 Å². The molecule has 1 fully saturated rings. The van der Waals surface area contributed by atoms with Crippen molar-refractivity contribution in [1.82, 2.24) is 10.3 Å². The van der Waals surface area contributed by atoms with E-state index in [4.69, 9.17) is 0 Å². The number of alkyl halides is 3. The van der Waals surface area contributed by atoms with Gasteiger partial charge in [-0.2, -0.15) is 13.2 Å². The van der Waals surface area contributed by atoms with E-state index in [0.717, 1.165) is 24.5 Å². The zero-order chi connectivity index (χ0) is 12.1. The lowest BCUT2D eigenvalue weighted by molar-refractivity contribution is -0.141. The van der Waals surface area contributed by atoms with Gasteiger partial charge >= 0.3 is 6.18 Å². The van der Waals surface area contributed by atoms with Crippen molar-refractivity contribution in [2.45, 2.75) is 30.6 Å². The third-order valence-corrected chi connectivity index (χ3v) is 3.47. The lowest BCUT2D eigenvalue weighted by atomic mass is 9.87. The predicted molar refractivity (Wildman–Crippen MR) is 56.2 cm³/mol. The molecule has 0 saturated carbocycles. The van der Waals surface area contributed by atoms with Crippen LogP contribution in [0.25, 0.3) is 0 Å². The largest absolute Gasteiger partial charge is 0.433 e. The average molecular weight is 240 g/mol. The molecule has 0 radical (unpaired) electrons. The van der Waals surface area contributed by atoms with Gasteiger partial charge in [0.2, 0.25) is 0 Å². The molecule has 0 aromatic carbocycles. The monoisotopic (exact) mass is 240 g/mol. The first kappa shape index (κ1) is 10.8. The molecule has 1 saturated heterocycles. The average Bonchev–Trinajstić information content (AvgIpc) is 2.89. The first-order valence-electron chi connectivity index (χ1n) is 5.50. The van der Waals surface area contributed by atoms with Gasteiger partial charge in [0.15, 0.2) is 0 Å². The Labute approximate surface area is 96.6 Å². The zero-order valence-corrected chi connectivity index (χ0v) is 8.96. The first-order valence-corrected chi connectivity index (χ1v) is 5.50. The highest BCUT2D eigenvalue weighted by atomic mass is 19.4. The maximum atomic E-state index is 12.4. The minimum Gasteiger partial charge on any atom is -0.298 e. The normalized spacial score (nSPS) is 31.1. The summed E-state index contributed by atoms with van der Waals surface area (Å²) in [5.74, 6) is 0. The van der Waals surface area contributed by atoms with Crippen LogP contribution >= 0.6 is 0 Å². The molecule has 1 aromatic heterocycles. The van der Waals surface area contributed by atoms with Crippen LogP contribution in [0.2, 0.25) is 0 Å². The Balaban J connectivity index is 1.93. The number of nitrogens with zero attached hydrogens (tertiary/aromatic N) is 1. The molecule has 2 aliphatic heterocycles. The summed E-state index contributed by atoms with van der Waals surface area (Å²) >= 11 is 0. The van der Waals surface area contributed by atoms with Gasteiger partial charge in [0.05, 0.1) is 5.54 Å². The van der Waals surface area contributed by atoms with Gasteiger partial charge in [-0.3, -0.25) is 10.3 Å². The SMILES string of the molecule is FC(F)(F)c1ccc(C23C=CC(CC2)N3)cn1. The minimum absolute atomic E-state index is 0.290. The summed E-state index contributed by atoms with van der Waals surface area (Å²) < 4.78 is 37.2. The van der Waals surface area contributed by atoms with E-state index in [1.807, 2.05) is 6.08 Å². The molecule has 17 heavy (non-hydrogen) atoms. The van der Waals surface area contributed by atoms with Gasteiger partial charge in [-0.25, -0.2) is 0 Å². The summed E-state index contributed by atoms with van der Waals surface area (Å²) in [5, 5.41) is 3.38. The van der Waals surface area contributed by atoms with Crippen LogP contribution in [0.1, 0.15) is 24.1 Å². The van der Waals surface area contributed by atoms with Crippen LogP contribution in [-0.2, 0) is 11.7 Å². The van der Waals surface area contributed by atoms with E-state index < -0.39 is 11.9 Å². The standard InChI is InChI=1S/C12H11F3N2/c13-12(14,15)10-2-1-8(7-16-10)11-5-3-9(17-11)4-6-11/h1-3,5,7,9,17H,4,6H2. The number of fused-ring (bicyclic) bond motifs is 2. The Morgan fingerprint density at radius 3 is 2.59 bits per heavy atom. The fourth-order valence-corrected chi connectivity index (χ4v) is 2.56. The van der Waals surface area contributed by atoms with Crippen molar-refractivity contribution in [3.8, 4) is 0 Å². The second-order valence-electron chi connectivity index (χ2n) is 4.55. The number of halogens is 3. The highest BCUT2D eigenvalue weighted by Gasteiger charge is 2.42. The van der Waals surface area contributed by atoms with Gasteiger partial charge < -0.3 is 0 Å². The van der Waals surface area contributed by atoms with Gasteiger partial charge in [-0.05, 0) is 24.5 Å². The third kappa shape index (κ3) is 1.65. The molecule has 90 valence electrons. The smallest absolute Gasteiger partial charge is 0.298 e. The van der Waals surface area contributed by atoms with E-state index in [9.17, 15) is 13.2 Å². The van der Waals surface area contributed by atoms with E-state index in [-0.39, 0.29) is 5.54 Å². The molecule has 1 N–H and O–H groups in total. The van der Waals surface area contributed by atoms with Gasteiger partial charge in [-0.1, -0.05) is 18.2 Å². The minimum atomic E-state index is -4.37. The molecule has 2 unspecified atom stereocenters. The fraction of sp³-hybridized carbons (Fsp3) is 0.417. The quantitative estimate of drug-likeness (QED) is 0.763. The second-order valence-corrected chi connectivity index (χ2v) is 4.55. The summed E-state index contributed by atoms with van der Waals surface area (Å²) in [6.45, 7) is 0. The zero-order valence-electron chi connectivity index (χ0n) is 8.96. The predicted octanol–water partition coefficient (Wildman–Crippen LogP) is 2.62. The summed E-state index contributed by atoms with van der Waals surface area (Å²) in [4.78, 5) is 3.51. The van der Waals surface area contributed by atoms with Crippen LogP contribution in [0.3, 0.4) is 0 Å². The highest BCUT2D eigenvalue weighted by molar-refractivity contribution is 5.36. The summed E-state index contributed by atoms with van der Waals surface area (Å²) in [6.07, 6.45) is 3.01. The van der Waals surface area contributed by atoms with Crippen molar-refractivity contribution in [3.63, 3.8) is 0 Å². The number of aromatic nitrogens is 1. The van der Waals surface area contributed by atoms with Crippen molar-refractivity contribution in [2.24, 2.45) is 0 Å². The molecule has 2 atom stereocenters. The van der Waals surface area contributed by atoms with Crippen LogP contribution in [0, 0.1) is 0 Å². The van der Waals surface area contributed by atoms with Crippen molar-refractivity contribution in [2.75, 3.05) is 0 Å². The van der Waals surface area contributed by atoms with Crippen LogP contribution in [-0.4, -0.2) is 11.0 Å². The number of pyridine rings is 1. The lowest BCUT2D eigenvalue weighted by Crippen LogP contribution is -2.33. The fourth-order valence-electron chi connectivity index (χ4n) is 2.56. The number of rotatable bonds is 1. The molecule has 5 heteroatoms. The molecule has 2 aliphatic rings. The van der Waals surface area contributed by atoms with E-state index in [0.29, 0.717) is 6.04 Å². The number of nitrogens with one attached hydrogen (secondary N) is 1. The Hall–Kier alpha value is -1.36. The third-order valence-electron chi connectivity index (χ3n) is 3.47. The van der Waals surface area contributed by atoms with E-state index in [1.165, 1.54) is 12.3 Å². The first-order chi connectivity index (χ1) is 8.00. The van der Waals surface area contributed by atoms with Crippen LogP contribution in [0.15, 0.2) is 30.5 Å². The van der Waals surface area contributed by atoms with E-state index >= 15 is 0 Å². The molecule has 0 spiro atoms. The van der Waals surface area contributed by atoms with Crippen molar-refractivity contribution >= 4 is 0 Å². The van der Waals surface area contributed by atoms with Crippen molar-refractivity contribution < 1.29 is 13.2 Å². The molecule has 0 aliphatic carbocycles. The molecule has 2 nitrogen and oxygen atoms in total. The molecular formula is C12H11F3N2. The van der Waals surface area contributed by atoms with Crippen LogP contribution in [0.4, 0.5) is 13.2 Å². The molecule has 0 amide bonds. The van der Waals surface area contributed by atoms with Crippen LogP contribution in [0.5, 0.6) is 0 Å². The van der Waals surface area contributed by atoms with Gasteiger partial charge in [0.25, 0.3) is 0 Å². The Bertz CT molecular complexity index is 464. The second kappa shape index (κ2) is 3.32.